The summed E-state index contributed by atoms with van der Waals surface area (Å²) in [7, 11) is 1.30. The predicted molar refractivity (Wildman–Crippen MR) is 60.9 cm³/mol. The lowest BCUT2D eigenvalue weighted by molar-refractivity contribution is -0.139. The van der Waals surface area contributed by atoms with Gasteiger partial charge in [-0.3, -0.25) is 4.79 Å². The van der Waals surface area contributed by atoms with Gasteiger partial charge in [0.1, 0.15) is 0 Å². The van der Waals surface area contributed by atoms with Crippen molar-refractivity contribution in [3.05, 3.63) is 47.5 Å². The van der Waals surface area contributed by atoms with E-state index in [0.717, 1.165) is 17.7 Å². The van der Waals surface area contributed by atoms with Crippen LogP contribution in [-0.2, 0) is 22.1 Å². The fourth-order valence-electron chi connectivity index (χ4n) is 1.31. The minimum Gasteiger partial charge on any atom is -0.469 e. The van der Waals surface area contributed by atoms with Crippen molar-refractivity contribution in [2.24, 2.45) is 0 Å². The van der Waals surface area contributed by atoms with E-state index in [4.69, 9.17) is 0 Å². The van der Waals surface area contributed by atoms with Crippen molar-refractivity contribution in [2.45, 2.75) is 19.0 Å². The fourth-order valence-corrected chi connectivity index (χ4v) is 1.31. The number of carbonyl (C=O) groups excluding carboxylic acids is 1. The van der Waals surface area contributed by atoms with Gasteiger partial charge in [-0.15, -0.1) is 0 Å². The highest BCUT2D eigenvalue weighted by Gasteiger charge is 2.29. The molecule has 2 nitrogen and oxygen atoms in total. The lowest BCUT2D eigenvalue weighted by Gasteiger charge is -2.06. The molecule has 0 fully saturated rings. The van der Waals surface area contributed by atoms with E-state index < -0.39 is 11.7 Å². The summed E-state index contributed by atoms with van der Waals surface area (Å²) in [5, 5.41) is 0. The van der Waals surface area contributed by atoms with Crippen LogP contribution in [0.2, 0.25) is 0 Å². The monoisotopic (exact) mass is 258 g/mol. The summed E-state index contributed by atoms with van der Waals surface area (Å²) < 4.78 is 41.3. The molecule has 0 N–H and O–H groups in total. The van der Waals surface area contributed by atoms with Crippen LogP contribution in [0.3, 0.4) is 0 Å². The van der Waals surface area contributed by atoms with E-state index in [1.165, 1.54) is 19.2 Å². The minimum atomic E-state index is -4.31. The molecule has 0 saturated carbocycles. The zero-order valence-corrected chi connectivity index (χ0v) is 9.83. The van der Waals surface area contributed by atoms with Gasteiger partial charge in [-0.25, -0.2) is 0 Å². The second kappa shape index (κ2) is 6.23. The lowest BCUT2D eigenvalue weighted by atomic mass is 10.1. The normalized spacial score (nSPS) is 11.8. The van der Waals surface area contributed by atoms with Crippen molar-refractivity contribution in [1.82, 2.24) is 0 Å². The number of hydrogen-bond donors (Lipinski definition) is 0. The zero-order chi connectivity index (χ0) is 13.6. The standard InChI is InChI=1S/C13H13F3O2/c1-18-12(17)5-3-2-4-10-6-8-11(9-7-10)13(14,15)16/h2-3,6-9H,4-5H2,1H3/b3-2+. The van der Waals surface area contributed by atoms with Crippen LogP contribution in [0.4, 0.5) is 13.2 Å². The van der Waals surface area contributed by atoms with Crippen LogP contribution < -0.4 is 0 Å². The molecule has 0 aromatic heterocycles. The molecule has 0 spiro atoms. The van der Waals surface area contributed by atoms with Gasteiger partial charge in [-0.1, -0.05) is 24.3 Å². The Bertz CT molecular complexity index is 419. The van der Waals surface area contributed by atoms with E-state index in [9.17, 15) is 18.0 Å². The number of benzene rings is 1. The third-order valence-electron chi connectivity index (χ3n) is 2.31. The van der Waals surface area contributed by atoms with E-state index in [1.807, 2.05) is 0 Å². The van der Waals surface area contributed by atoms with Crippen molar-refractivity contribution in [2.75, 3.05) is 7.11 Å². The van der Waals surface area contributed by atoms with Crippen LogP contribution in [0.5, 0.6) is 0 Å². The van der Waals surface area contributed by atoms with Crippen molar-refractivity contribution >= 4 is 5.97 Å². The molecule has 0 radical (unpaired) electrons. The van der Waals surface area contributed by atoms with Gasteiger partial charge in [0, 0.05) is 0 Å². The maximum Gasteiger partial charge on any atom is 0.416 e. The third kappa shape index (κ3) is 4.61. The average Bonchev–Trinajstić information content (AvgIpc) is 2.33. The van der Waals surface area contributed by atoms with E-state index in [-0.39, 0.29) is 12.4 Å². The molecule has 0 aliphatic heterocycles. The number of esters is 1. The Morgan fingerprint density at radius 1 is 1.22 bits per heavy atom. The topological polar surface area (TPSA) is 26.3 Å². The molecule has 1 aromatic rings. The maximum atomic E-state index is 12.3. The molecule has 0 unspecified atom stereocenters. The number of rotatable bonds is 4. The molecule has 1 rings (SSSR count). The van der Waals surface area contributed by atoms with Crippen LogP contribution in [-0.4, -0.2) is 13.1 Å². The summed E-state index contributed by atoms with van der Waals surface area (Å²) >= 11 is 0. The first-order valence-corrected chi connectivity index (χ1v) is 5.31. The molecule has 0 atom stereocenters. The van der Waals surface area contributed by atoms with Gasteiger partial charge in [0.05, 0.1) is 19.1 Å². The maximum absolute atomic E-state index is 12.3. The van der Waals surface area contributed by atoms with Crippen molar-refractivity contribution in [3.63, 3.8) is 0 Å². The lowest BCUT2D eigenvalue weighted by Crippen LogP contribution is -2.04. The molecule has 1 aromatic carbocycles. The summed E-state index contributed by atoms with van der Waals surface area (Å²) in [6.45, 7) is 0. The first-order chi connectivity index (χ1) is 8.43. The molecule has 0 bridgehead atoms. The molecular weight excluding hydrogens is 245 g/mol. The first-order valence-electron chi connectivity index (χ1n) is 5.31. The van der Waals surface area contributed by atoms with E-state index in [1.54, 1.807) is 12.2 Å². The average molecular weight is 258 g/mol. The SMILES string of the molecule is COC(=O)C/C=C/Cc1ccc(C(F)(F)F)cc1. The Morgan fingerprint density at radius 2 is 1.83 bits per heavy atom. The smallest absolute Gasteiger partial charge is 0.416 e. The molecule has 18 heavy (non-hydrogen) atoms. The molecule has 5 heteroatoms. The number of halogens is 3. The molecule has 0 aliphatic rings. The third-order valence-corrected chi connectivity index (χ3v) is 2.31. The molecule has 0 amide bonds. The minimum absolute atomic E-state index is 0.164. The van der Waals surface area contributed by atoms with Gasteiger partial charge in [0.25, 0.3) is 0 Å². The quantitative estimate of drug-likeness (QED) is 0.611. The van der Waals surface area contributed by atoms with Gasteiger partial charge in [-0.05, 0) is 24.1 Å². The van der Waals surface area contributed by atoms with Crippen LogP contribution in [0.25, 0.3) is 0 Å². The fraction of sp³-hybridized carbons (Fsp3) is 0.308. The van der Waals surface area contributed by atoms with Crippen molar-refractivity contribution in [3.8, 4) is 0 Å². The van der Waals surface area contributed by atoms with Crippen LogP contribution >= 0.6 is 0 Å². The van der Waals surface area contributed by atoms with E-state index >= 15 is 0 Å². The van der Waals surface area contributed by atoms with E-state index in [0.29, 0.717) is 6.42 Å². The molecule has 0 saturated heterocycles. The summed E-state index contributed by atoms with van der Waals surface area (Å²) in [5.74, 6) is -0.348. The van der Waals surface area contributed by atoms with Gasteiger partial charge in [-0.2, -0.15) is 13.2 Å². The van der Waals surface area contributed by atoms with Crippen LogP contribution in [0.15, 0.2) is 36.4 Å². The molecule has 98 valence electrons. The number of allylic oxidation sites excluding steroid dienone is 1. The highest BCUT2D eigenvalue weighted by atomic mass is 19.4. The zero-order valence-electron chi connectivity index (χ0n) is 9.83. The Morgan fingerprint density at radius 3 is 2.33 bits per heavy atom. The first kappa shape index (κ1) is 14.3. The van der Waals surface area contributed by atoms with Crippen molar-refractivity contribution < 1.29 is 22.7 Å². The summed E-state index contributed by atoms with van der Waals surface area (Å²) in [5.41, 5.74) is 0.0916. The van der Waals surface area contributed by atoms with E-state index in [2.05, 4.69) is 4.74 Å². The molecule has 0 heterocycles. The number of methoxy groups -OCH3 is 1. The van der Waals surface area contributed by atoms with Crippen molar-refractivity contribution in [1.29, 1.82) is 0 Å². The number of ether oxygens (including phenoxy) is 1. The van der Waals surface area contributed by atoms with Crippen LogP contribution in [0.1, 0.15) is 17.5 Å². The predicted octanol–water partition coefficient (Wildman–Crippen LogP) is 3.37. The second-order valence-electron chi connectivity index (χ2n) is 3.65. The summed E-state index contributed by atoms with van der Waals surface area (Å²) in [6.07, 6.45) is -0.311. The van der Waals surface area contributed by atoms with Gasteiger partial charge in [0.15, 0.2) is 0 Å². The number of hydrogen-bond acceptors (Lipinski definition) is 2. The molecular formula is C13H13F3O2. The Balaban J connectivity index is 2.52. The van der Waals surface area contributed by atoms with Gasteiger partial charge < -0.3 is 4.74 Å². The summed E-state index contributed by atoms with van der Waals surface area (Å²) in [4.78, 5) is 10.8. The van der Waals surface area contributed by atoms with Gasteiger partial charge >= 0.3 is 12.1 Å². The highest BCUT2D eigenvalue weighted by Crippen LogP contribution is 2.29. The second-order valence-corrected chi connectivity index (χ2v) is 3.65. The number of carbonyl (C=O) groups is 1. The van der Waals surface area contributed by atoms with Gasteiger partial charge in [0.2, 0.25) is 0 Å². The largest absolute Gasteiger partial charge is 0.469 e. The Labute approximate surface area is 103 Å². The summed E-state index contributed by atoms with van der Waals surface area (Å²) in [6, 6.07) is 4.93. The Kier molecular flexibility index (Phi) is 4.95. The number of alkyl halides is 3. The molecule has 0 aliphatic carbocycles. The Hall–Kier alpha value is -1.78. The highest BCUT2D eigenvalue weighted by molar-refractivity contribution is 5.70. The van der Waals surface area contributed by atoms with Crippen LogP contribution in [0, 0.1) is 0 Å².